The summed E-state index contributed by atoms with van der Waals surface area (Å²) in [6, 6.07) is 15.0. The van der Waals surface area contributed by atoms with Crippen LogP contribution in [-0.2, 0) is 13.1 Å². The van der Waals surface area contributed by atoms with E-state index in [1.54, 1.807) is 0 Å². The third kappa shape index (κ3) is 3.58. The van der Waals surface area contributed by atoms with E-state index in [9.17, 15) is 0 Å². The van der Waals surface area contributed by atoms with Gasteiger partial charge in [0.15, 0.2) is 0 Å². The lowest BCUT2D eigenvalue weighted by molar-refractivity contribution is 0.672. The second kappa shape index (κ2) is 6.53. The van der Waals surface area contributed by atoms with Gasteiger partial charge in [0.05, 0.1) is 12.2 Å². The minimum Gasteiger partial charge on any atom is -0.363 e. The Morgan fingerprint density at radius 2 is 1.80 bits per heavy atom. The monoisotopic (exact) mass is 269 g/mol. The molecule has 0 radical (unpaired) electrons. The van der Waals surface area contributed by atoms with Crippen molar-refractivity contribution in [1.29, 1.82) is 0 Å². The molecule has 0 atom stereocenters. The van der Waals surface area contributed by atoms with Gasteiger partial charge in [-0.25, -0.2) is 0 Å². The molecule has 2 rings (SSSR count). The molecule has 0 fully saturated rings. The number of hydrogen-bond acceptors (Lipinski definition) is 3. The second-order valence-corrected chi connectivity index (χ2v) is 5.36. The highest BCUT2D eigenvalue weighted by molar-refractivity contribution is 5.48. The Hall–Kier alpha value is -1.87. The van der Waals surface area contributed by atoms with Crippen molar-refractivity contribution in [3.63, 3.8) is 0 Å². The van der Waals surface area contributed by atoms with Crippen LogP contribution in [0.25, 0.3) is 0 Å². The summed E-state index contributed by atoms with van der Waals surface area (Å²) in [6.45, 7) is 7.83. The van der Waals surface area contributed by atoms with Crippen molar-refractivity contribution in [1.82, 2.24) is 4.98 Å². The van der Waals surface area contributed by atoms with Gasteiger partial charge in [-0.2, -0.15) is 0 Å². The third-order valence-corrected chi connectivity index (χ3v) is 3.41. The van der Waals surface area contributed by atoms with Gasteiger partial charge < -0.3 is 10.6 Å². The summed E-state index contributed by atoms with van der Waals surface area (Å²) in [5.41, 5.74) is 10.2. The van der Waals surface area contributed by atoms with Gasteiger partial charge in [0.2, 0.25) is 0 Å². The van der Waals surface area contributed by atoms with Gasteiger partial charge in [-0.15, -0.1) is 0 Å². The van der Waals surface area contributed by atoms with E-state index in [-0.39, 0.29) is 0 Å². The van der Waals surface area contributed by atoms with Crippen LogP contribution in [0.2, 0.25) is 0 Å². The zero-order valence-electron chi connectivity index (χ0n) is 12.5. The van der Waals surface area contributed by atoms with Gasteiger partial charge in [-0.1, -0.05) is 18.2 Å². The molecular weight excluding hydrogens is 246 g/mol. The third-order valence-electron chi connectivity index (χ3n) is 3.41. The fourth-order valence-corrected chi connectivity index (χ4v) is 2.26. The number of pyridine rings is 1. The highest BCUT2D eigenvalue weighted by Crippen LogP contribution is 2.20. The summed E-state index contributed by atoms with van der Waals surface area (Å²) in [5.74, 6) is 0. The van der Waals surface area contributed by atoms with Crippen molar-refractivity contribution in [3.8, 4) is 0 Å². The fraction of sp³-hybridized carbons (Fsp3) is 0.353. The normalized spacial score (nSPS) is 10.8. The first kappa shape index (κ1) is 14.5. The molecule has 1 aromatic carbocycles. The highest BCUT2D eigenvalue weighted by Gasteiger charge is 2.12. The van der Waals surface area contributed by atoms with E-state index in [4.69, 9.17) is 5.73 Å². The first-order valence-corrected chi connectivity index (χ1v) is 7.08. The molecule has 0 aliphatic carbocycles. The van der Waals surface area contributed by atoms with Crippen molar-refractivity contribution in [2.24, 2.45) is 5.73 Å². The summed E-state index contributed by atoms with van der Waals surface area (Å²) >= 11 is 0. The zero-order valence-corrected chi connectivity index (χ0v) is 12.5. The van der Waals surface area contributed by atoms with Crippen LogP contribution in [0.15, 0.2) is 42.5 Å². The smallest absolute Gasteiger partial charge is 0.0605 e. The number of rotatable bonds is 5. The van der Waals surface area contributed by atoms with Crippen LogP contribution in [-0.4, -0.2) is 11.0 Å². The Balaban J connectivity index is 2.22. The summed E-state index contributed by atoms with van der Waals surface area (Å²) in [7, 11) is 0. The second-order valence-electron chi connectivity index (χ2n) is 5.36. The summed E-state index contributed by atoms with van der Waals surface area (Å²) < 4.78 is 0. The topological polar surface area (TPSA) is 42.1 Å². The summed E-state index contributed by atoms with van der Waals surface area (Å²) in [6.07, 6.45) is 0. The molecular formula is C17H23N3. The van der Waals surface area contributed by atoms with Crippen LogP contribution in [0.3, 0.4) is 0 Å². The van der Waals surface area contributed by atoms with Gasteiger partial charge >= 0.3 is 0 Å². The number of nitrogens with zero attached hydrogens (tertiary/aromatic N) is 2. The molecule has 20 heavy (non-hydrogen) atoms. The summed E-state index contributed by atoms with van der Waals surface area (Å²) in [5, 5.41) is 0. The van der Waals surface area contributed by atoms with Crippen LogP contribution in [0.5, 0.6) is 0 Å². The number of hydrogen-bond donors (Lipinski definition) is 1. The molecule has 1 heterocycles. The fourth-order valence-electron chi connectivity index (χ4n) is 2.26. The Morgan fingerprint density at radius 3 is 2.35 bits per heavy atom. The Labute approximate surface area is 121 Å². The van der Waals surface area contributed by atoms with Gasteiger partial charge in [-0.05, 0) is 50.6 Å². The lowest BCUT2D eigenvalue weighted by atomic mass is 10.1. The van der Waals surface area contributed by atoms with Crippen LogP contribution >= 0.6 is 0 Å². The van der Waals surface area contributed by atoms with Crippen molar-refractivity contribution >= 4 is 5.69 Å². The van der Waals surface area contributed by atoms with Crippen molar-refractivity contribution in [2.75, 3.05) is 4.90 Å². The maximum Gasteiger partial charge on any atom is 0.0605 e. The lowest BCUT2D eigenvalue weighted by Gasteiger charge is -2.29. The molecule has 106 valence electrons. The molecule has 2 N–H and O–H groups in total. The van der Waals surface area contributed by atoms with Gasteiger partial charge in [0.1, 0.15) is 0 Å². The first-order valence-electron chi connectivity index (χ1n) is 7.08. The van der Waals surface area contributed by atoms with Crippen molar-refractivity contribution in [2.45, 2.75) is 39.9 Å². The van der Waals surface area contributed by atoms with Crippen LogP contribution < -0.4 is 10.6 Å². The molecule has 1 aromatic heterocycles. The van der Waals surface area contributed by atoms with Gasteiger partial charge in [-0.3, -0.25) is 4.98 Å². The number of benzene rings is 1. The quantitative estimate of drug-likeness (QED) is 0.906. The lowest BCUT2D eigenvalue weighted by Crippen LogP contribution is -2.30. The van der Waals surface area contributed by atoms with Crippen LogP contribution in [0.4, 0.5) is 5.69 Å². The van der Waals surface area contributed by atoms with E-state index in [0.717, 1.165) is 23.5 Å². The predicted molar refractivity (Wildman–Crippen MR) is 84.6 cm³/mol. The maximum absolute atomic E-state index is 5.65. The Morgan fingerprint density at radius 1 is 1.10 bits per heavy atom. The van der Waals surface area contributed by atoms with Gasteiger partial charge in [0.25, 0.3) is 0 Å². The van der Waals surface area contributed by atoms with Crippen molar-refractivity contribution < 1.29 is 0 Å². The zero-order chi connectivity index (χ0) is 14.5. The van der Waals surface area contributed by atoms with E-state index in [2.05, 4.69) is 60.1 Å². The largest absolute Gasteiger partial charge is 0.363 e. The molecule has 0 spiro atoms. The first-order chi connectivity index (χ1) is 9.60. The van der Waals surface area contributed by atoms with E-state index in [1.165, 1.54) is 5.69 Å². The molecule has 0 aliphatic rings. The maximum atomic E-state index is 5.65. The molecule has 3 nitrogen and oxygen atoms in total. The number of aromatic nitrogens is 1. The predicted octanol–water partition coefficient (Wildman–Crippen LogP) is 3.26. The van der Waals surface area contributed by atoms with E-state index < -0.39 is 0 Å². The summed E-state index contributed by atoms with van der Waals surface area (Å²) in [4.78, 5) is 6.94. The van der Waals surface area contributed by atoms with E-state index >= 15 is 0 Å². The molecule has 2 aromatic rings. The molecule has 0 unspecified atom stereocenters. The number of anilines is 1. The number of aryl methyl sites for hydroxylation is 1. The average Bonchev–Trinajstić information content (AvgIpc) is 2.45. The minimum absolute atomic E-state index is 0.418. The molecule has 0 saturated heterocycles. The van der Waals surface area contributed by atoms with Crippen LogP contribution in [0.1, 0.15) is 30.8 Å². The molecule has 0 saturated carbocycles. The Bertz CT molecular complexity index is 546. The highest BCUT2D eigenvalue weighted by atomic mass is 15.2. The Kier molecular flexibility index (Phi) is 4.74. The standard InChI is InChI=1S/C17H23N3/c1-13(2)20(12-16-6-4-5-14(3)19-16)17-9-7-15(11-18)8-10-17/h4-10,13H,11-12,18H2,1-3H3. The van der Waals surface area contributed by atoms with E-state index in [1.807, 2.05) is 13.0 Å². The van der Waals surface area contributed by atoms with Crippen LogP contribution in [0, 0.1) is 6.92 Å². The molecule has 3 heteroatoms. The molecule has 0 bridgehead atoms. The molecule has 0 amide bonds. The molecule has 0 aliphatic heterocycles. The minimum atomic E-state index is 0.418. The van der Waals surface area contributed by atoms with Crippen molar-refractivity contribution in [3.05, 3.63) is 59.4 Å². The number of nitrogens with two attached hydrogens (primary N) is 1. The van der Waals surface area contributed by atoms with E-state index in [0.29, 0.717) is 12.6 Å². The SMILES string of the molecule is Cc1cccc(CN(c2ccc(CN)cc2)C(C)C)n1. The van der Waals surface area contributed by atoms with Gasteiger partial charge in [0, 0.05) is 24.0 Å². The average molecular weight is 269 g/mol.